The van der Waals surface area contributed by atoms with Crippen molar-refractivity contribution in [3.63, 3.8) is 0 Å². The van der Waals surface area contributed by atoms with Gasteiger partial charge in [-0.3, -0.25) is 37.3 Å². The van der Waals surface area contributed by atoms with Crippen molar-refractivity contribution in [2.24, 2.45) is 0 Å². The van der Waals surface area contributed by atoms with Gasteiger partial charge in [0.1, 0.15) is 19.3 Å². The Hall–Kier alpha value is -3.76. The highest BCUT2D eigenvalue weighted by Gasteiger charge is 2.30. The van der Waals surface area contributed by atoms with Gasteiger partial charge in [0, 0.05) is 25.7 Å². The lowest BCUT2D eigenvalue weighted by molar-refractivity contribution is -0.161. The molecule has 5 atom stereocenters. The van der Waals surface area contributed by atoms with E-state index in [9.17, 15) is 43.2 Å². The van der Waals surface area contributed by atoms with Crippen molar-refractivity contribution in [1.82, 2.24) is 0 Å². The summed E-state index contributed by atoms with van der Waals surface area (Å²) < 4.78 is 68.6. The lowest BCUT2D eigenvalue weighted by atomic mass is 10.0. The monoisotopic (exact) mass is 1480 g/mol. The molecule has 0 fully saturated rings. The molecule has 592 valence electrons. The van der Waals surface area contributed by atoms with Gasteiger partial charge in [-0.05, 0) is 103 Å². The zero-order valence-electron chi connectivity index (χ0n) is 64.8. The van der Waals surface area contributed by atoms with E-state index < -0.39 is 97.5 Å². The summed E-state index contributed by atoms with van der Waals surface area (Å²) in [6.07, 6.45) is 78.4. The van der Waals surface area contributed by atoms with Gasteiger partial charge in [-0.15, -0.1) is 0 Å². The van der Waals surface area contributed by atoms with E-state index in [4.69, 9.17) is 37.0 Å². The number of phosphoric acid groups is 2. The Morgan fingerprint density at radius 2 is 0.510 bits per heavy atom. The second-order valence-electron chi connectivity index (χ2n) is 27.3. The predicted molar refractivity (Wildman–Crippen MR) is 418 cm³/mol. The Morgan fingerprint density at radius 1 is 0.284 bits per heavy atom. The minimum atomic E-state index is -4.98. The van der Waals surface area contributed by atoms with Crippen LogP contribution in [0.1, 0.15) is 362 Å². The van der Waals surface area contributed by atoms with Crippen molar-refractivity contribution in [3.05, 3.63) is 85.1 Å². The molecule has 0 aliphatic heterocycles. The van der Waals surface area contributed by atoms with Gasteiger partial charge in [0.15, 0.2) is 12.2 Å². The van der Waals surface area contributed by atoms with Crippen molar-refractivity contribution in [1.29, 1.82) is 0 Å². The van der Waals surface area contributed by atoms with Crippen molar-refractivity contribution >= 4 is 39.5 Å². The highest BCUT2D eigenvalue weighted by Crippen LogP contribution is 2.45. The van der Waals surface area contributed by atoms with Crippen LogP contribution in [0, 0.1) is 0 Å². The summed E-state index contributed by atoms with van der Waals surface area (Å²) in [5, 5.41) is 10.6. The fraction of sp³-hybridized carbons (Fsp3) is 0.783. The molecule has 0 aliphatic carbocycles. The van der Waals surface area contributed by atoms with Gasteiger partial charge in [0.25, 0.3) is 0 Å². The van der Waals surface area contributed by atoms with E-state index in [1.54, 1.807) is 0 Å². The van der Waals surface area contributed by atoms with Gasteiger partial charge in [-0.25, -0.2) is 9.13 Å². The number of aliphatic hydroxyl groups is 1. The Labute approximate surface area is 621 Å². The number of aliphatic hydroxyl groups excluding tert-OH is 1. The zero-order chi connectivity index (χ0) is 74.6. The molecule has 17 nitrogen and oxygen atoms in total. The molecule has 19 heteroatoms. The molecule has 0 radical (unpaired) electrons. The molecule has 0 amide bonds. The maximum atomic E-state index is 13.1. The molecule has 3 N–H and O–H groups in total. The number of carbonyl (C=O) groups is 4. The van der Waals surface area contributed by atoms with Crippen LogP contribution >= 0.6 is 15.6 Å². The van der Waals surface area contributed by atoms with Crippen LogP contribution in [-0.2, 0) is 65.4 Å². The maximum absolute atomic E-state index is 13.1. The van der Waals surface area contributed by atoms with E-state index in [1.165, 1.54) is 122 Å². The summed E-state index contributed by atoms with van der Waals surface area (Å²) in [5.41, 5.74) is 0. The van der Waals surface area contributed by atoms with E-state index in [0.717, 1.165) is 161 Å². The third kappa shape index (κ3) is 74.5. The second-order valence-corrected chi connectivity index (χ2v) is 30.3. The standard InChI is InChI=1S/C83H148O17P2/c1-5-9-13-17-21-25-29-33-35-37-38-40-42-46-48-52-56-60-64-68-81(86)94-74-79(100-83(88)70-66-62-58-54-50-44-32-28-24-20-16-12-8-4)76-98-102(91,92)96-72-77(84)71-95-101(89,90)97-75-78(99-82(87)69-65-61-57-53-49-43-31-27-23-19-15-11-7-3)73-93-80(85)67-63-59-55-51-47-45-41-39-36-34-30-26-22-18-14-10-6-2/h10,14,21-22,25-26,33-36,38,40-41,45,77-79,84H,5-9,11-13,15-20,23-24,27-32,37,39,42-44,46-76H2,1-4H3,(H,89,90)(H,91,92)/b14-10-,25-21-,26-22-,35-33-,36-34-,40-38-,45-41-. The van der Waals surface area contributed by atoms with Gasteiger partial charge in [0.2, 0.25) is 0 Å². The molecule has 0 spiro atoms. The van der Waals surface area contributed by atoms with Crippen LogP contribution < -0.4 is 0 Å². The molecular formula is C83H148O17P2. The number of phosphoric ester groups is 2. The predicted octanol–water partition coefficient (Wildman–Crippen LogP) is 23.8. The smallest absolute Gasteiger partial charge is 0.462 e. The van der Waals surface area contributed by atoms with E-state index in [2.05, 4.69) is 113 Å². The molecule has 0 bridgehead atoms. The van der Waals surface area contributed by atoms with Crippen molar-refractivity contribution in [2.75, 3.05) is 39.6 Å². The number of ether oxygens (including phenoxy) is 4. The van der Waals surface area contributed by atoms with E-state index in [1.807, 2.05) is 0 Å². The number of hydrogen-bond donors (Lipinski definition) is 3. The van der Waals surface area contributed by atoms with Gasteiger partial charge in [0.05, 0.1) is 26.4 Å². The molecule has 0 aromatic heterocycles. The normalized spacial score (nSPS) is 14.3. The lowest BCUT2D eigenvalue weighted by Gasteiger charge is -2.21. The molecule has 0 aliphatic rings. The zero-order valence-corrected chi connectivity index (χ0v) is 66.6. The van der Waals surface area contributed by atoms with Crippen LogP contribution in [0.3, 0.4) is 0 Å². The number of hydrogen-bond acceptors (Lipinski definition) is 15. The maximum Gasteiger partial charge on any atom is 0.472 e. The fourth-order valence-electron chi connectivity index (χ4n) is 11.2. The third-order valence-corrected chi connectivity index (χ3v) is 19.3. The van der Waals surface area contributed by atoms with Gasteiger partial charge >= 0.3 is 39.5 Å². The van der Waals surface area contributed by atoms with E-state index in [0.29, 0.717) is 25.7 Å². The van der Waals surface area contributed by atoms with Crippen molar-refractivity contribution in [3.8, 4) is 0 Å². The first-order chi connectivity index (χ1) is 49.7. The molecule has 0 saturated carbocycles. The first-order valence-electron chi connectivity index (χ1n) is 40.8. The highest BCUT2D eigenvalue weighted by molar-refractivity contribution is 7.47. The molecule has 0 rings (SSSR count). The summed E-state index contributed by atoms with van der Waals surface area (Å²) in [4.78, 5) is 73.0. The molecule has 0 saturated heterocycles. The van der Waals surface area contributed by atoms with Crippen LogP contribution in [0.5, 0.6) is 0 Å². The Bertz CT molecular complexity index is 2260. The van der Waals surface area contributed by atoms with E-state index in [-0.39, 0.29) is 25.7 Å². The number of carbonyl (C=O) groups excluding carboxylic acids is 4. The Morgan fingerprint density at radius 3 is 0.804 bits per heavy atom. The number of allylic oxidation sites excluding steroid dienone is 14. The summed E-state index contributed by atoms with van der Waals surface area (Å²) in [7, 11) is -9.95. The third-order valence-electron chi connectivity index (χ3n) is 17.4. The first-order valence-corrected chi connectivity index (χ1v) is 43.8. The molecule has 0 aromatic rings. The molecule has 102 heavy (non-hydrogen) atoms. The van der Waals surface area contributed by atoms with Crippen LogP contribution in [0.25, 0.3) is 0 Å². The second kappa shape index (κ2) is 75.5. The van der Waals surface area contributed by atoms with Crippen LogP contribution in [0.15, 0.2) is 85.1 Å². The molecule has 5 unspecified atom stereocenters. The fourth-order valence-corrected chi connectivity index (χ4v) is 12.7. The first kappa shape index (κ1) is 98.2. The summed E-state index contributed by atoms with van der Waals surface area (Å²) in [6, 6.07) is 0. The van der Waals surface area contributed by atoms with Crippen LogP contribution in [-0.4, -0.2) is 96.7 Å². The largest absolute Gasteiger partial charge is 0.472 e. The van der Waals surface area contributed by atoms with Gasteiger partial charge < -0.3 is 33.8 Å². The Balaban J connectivity index is 5.33. The van der Waals surface area contributed by atoms with Crippen molar-refractivity contribution in [2.45, 2.75) is 380 Å². The summed E-state index contributed by atoms with van der Waals surface area (Å²) in [5.74, 6) is -2.18. The van der Waals surface area contributed by atoms with Gasteiger partial charge in [-0.2, -0.15) is 0 Å². The minimum Gasteiger partial charge on any atom is -0.462 e. The number of esters is 4. The molecule has 0 heterocycles. The van der Waals surface area contributed by atoms with Gasteiger partial charge in [-0.1, -0.05) is 318 Å². The number of rotatable bonds is 77. The summed E-state index contributed by atoms with van der Waals surface area (Å²) in [6.45, 7) is 4.76. The lowest BCUT2D eigenvalue weighted by Crippen LogP contribution is -2.30. The molecular weight excluding hydrogens is 1330 g/mol. The topological polar surface area (TPSA) is 237 Å². The van der Waals surface area contributed by atoms with E-state index >= 15 is 0 Å². The van der Waals surface area contributed by atoms with Crippen molar-refractivity contribution < 1.29 is 80.2 Å². The summed E-state index contributed by atoms with van der Waals surface area (Å²) >= 11 is 0. The van der Waals surface area contributed by atoms with Crippen LogP contribution in [0.2, 0.25) is 0 Å². The highest BCUT2D eigenvalue weighted by atomic mass is 31.2. The molecule has 0 aromatic carbocycles. The SMILES string of the molecule is CC/C=C\C/C=C\C/C=C\C/C=C\CCCCCCC(=O)OCC(COP(=O)(O)OCC(O)COP(=O)(O)OCC(COC(=O)CCCCCCCC/C=C\C/C=C\C/C=C\CCCCC)OC(=O)CCCCCCCCCCCCCCC)OC(=O)CCCCCCCCCCCCCCC. The van der Waals surface area contributed by atoms with Crippen LogP contribution in [0.4, 0.5) is 0 Å². The minimum absolute atomic E-state index is 0.0936. The average Bonchev–Trinajstić information content (AvgIpc) is 0.907. The quantitative estimate of drug-likeness (QED) is 0.0169. The average molecular weight is 1480 g/mol. The number of unbranched alkanes of at least 4 members (excludes halogenated alkanes) is 37. The Kier molecular flexibility index (Phi) is 72.7.